The van der Waals surface area contributed by atoms with Crippen molar-refractivity contribution in [1.29, 1.82) is 0 Å². The average Bonchev–Trinajstić information content (AvgIpc) is 2.26. The lowest BCUT2D eigenvalue weighted by atomic mass is 9.80. The average molecular weight is 261 g/mol. The number of hydrogen-bond donors (Lipinski definition) is 1. The van der Waals surface area contributed by atoms with Crippen LogP contribution in [0.25, 0.3) is 0 Å². The molecule has 1 N–H and O–H groups in total. The van der Waals surface area contributed by atoms with Crippen LogP contribution in [-0.2, 0) is 9.84 Å². The lowest BCUT2D eigenvalue weighted by Crippen LogP contribution is -2.33. The standard InChI is InChI=1S/C13H27NO2S/c1-11(2)17(15,16)9-8-14-10-13-7-5-4-6-12(13)3/h11-14H,4-10H2,1-3H3. The Morgan fingerprint density at radius 3 is 2.47 bits per heavy atom. The van der Waals surface area contributed by atoms with Crippen molar-refractivity contribution in [2.24, 2.45) is 11.8 Å². The molecular formula is C13H27NO2S. The molecule has 0 bridgehead atoms. The summed E-state index contributed by atoms with van der Waals surface area (Å²) in [6.45, 7) is 7.39. The highest BCUT2D eigenvalue weighted by molar-refractivity contribution is 7.92. The van der Waals surface area contributed by atoms with Crippen LogP contribution in [0.4, 0.5) is 0 Å². The SMILES string of the molecule is CC1CCCCC1CNCCS(=O)(=O)C(C)C. The highest BCUT2D eigenvalue weighted by Gasteiger charge is 2.21. The minimum atomic E-state index is -2.88. The summed E-state index contributed by atoms with van der Waals surface area (Å²) in [5, 5.41) is 3.07. The summed E-state index contributed by atoms with van der Waals surface area (Å²) in [5.74, 6) is 1.80. The van der Waals surface area contributed by atoms with Gasteiger partial charge in [0, 0.05) is 6.54 Å². The van der Waals surface area contributed by atoms with Crippen LogP contribution in [0.3, 0.4) is 0 Å². The van der Waals surface area contributed by atoms with Gasteiger partial charge in [0.15, 0.2) is 9.84 Å². The molecule has 0 amide bonds. The van der Waals surface area contributed by atoms with Crippen molar-refractivity contribution in [3.05, 3.63) is 0 Å². The van der Waals surface area contributed by atoms with Crippen LogP contribution in [0.15, 0.2) is 0 Å². The third-order valence-electron chi connectivity index (χ3n) is 3.98. The fourth-order valence-electron chi connectivity index (χ4n) is 2.43. The summed E-state index contributed by atoms with van der Waals surface area (Å²) in [6, 6.07) is 0. The van der Waals surface area contributed by atoms with Crippen LogP contribution in [0.1, 0.15) is 46.5 Å². The first-order chi connectivity index (χ1) is 7.93. The summed E-state index contributed by atoms with van der Waals surface area (Å²) in [4.78, 5) is 0. The lowest BCUT2D eigenvalue weighted by molar-refractivity contribution is 0.249. The molecule has 1 rings (SSSR count). The zero-order chi connectivity index (χ0) is 12.9. The van der Waals surface area contributed by atoms with Crippen LogP contribution < -0.4 is 5.32 Å². The van der Waals surface area contributed by atoms with Gasteiger partial charge in [-0.2, -0.15) is 0 Å². The van der Waals surface area contributed by atoms with E-state index in [4.69, 9.17) is 0 Å². The molecule has 2 unspecified atom stereocenters. The van der Waals surface area contributed by atoms with E-state index < -0.39 is 9.84 Å². The molecule has 0 radical (unpaired) electrons. The third kappa shape index (κ3) is 4.96. The van der Waals surface area contributed by atoms with E-state index in [-0.39, 0.29) is 11.0 Å². The second-order valence-electron chi connectivity index (χ2n) is 5.64. The van der Waals surface area contributed by atoms with E-state index in [0.717, 1.165) is 18.4 Å². The molecular weight excluding hydrogens is 234 g/mol. The molecule has 0 aromatic carbocycles. The summed E-state index contributed by atoms with van der Waals surface area (Å²) in [7, 11) is -2.88. The highest BCUT2D eigenvalue weighted by Crippen LogP contribution is 2.28. The van der Waals surface area contributed by atoms with E-state index in [1.165, 1.54) is 25.7 Å². The first-order valence-corrected chi connectivity index (χ1v) is 8.57. The largest absolute Gasteiger partial charge is 0.315 e. The van der Waals surface area contributed by atoms with Crippen LogP contribution in [0.2, 0.25) is 0 Å². The number of nitrogens with one attached hydrogen (secondary N) is 1. The lowest BCUT2D eigenvalue weighted by Gasteiger charge is -2.28. The molecule has 0 spiro atoms. The van der Waals surface area contributed by atoms with Crippen LogP contribution in [-0.4, -0.2) is 32.5 Å². The number of hydrogen-bond acceptors (Lipinski definition) is 3. The smallest absolute Gasteiger partial charge is 0.153 e. The van der Waals surface area contributed by atoms with E-state index in [9.17, 15) is 8.42 Å². The Morgan fingerprint density at radius 2 is 1.88 bits per heavy atom. The minimum Gasteiger partial charge on any atom is -0.315 e. The highest BCUT2D eigenvalue weighted by atomic mass is 32.2. The topological polar surface area (TPSA) is 46.2 Å². The molecule has 17 heavy (non-hydrogen) atoms. The Balaban J connectivity index is 2.20. The Kier molecular flexibility index (Phi) is 5.93. The van der Waals surface area contributed by atoms with Crippen molar-refractivity contribution in [3.63, 3.8) is 0 Å². The number of sulfone groups is 1. The molecule has 102 valence electrons. The maximum Gasteiger partial charge on any atom is 0.153 e. The van der Waals surface area contributed by atoms with Crippen molar-refractivity contribution in [3.8, 4) is 0 Å². The summed E-state index contributed by atoms with van der Waals surface area (Å²) in [6.07, 6.45) is 5.32. The van der Waals surface area contributed by atoms with Crippen molar-refractivity contribution < 1.29 is 8.42 Å². The van der Waals surface area contributed by atoms with Gasteiger partial charge in [-0.25, -0.2) is 8.42 Å². The molecule has 0 aromatic rings. The van der Waals surface area contributed by atoms with Gasteiger partial charge >= 0.3 is 0 Å². The van der Waals surface area contributed by atoms with Crippen LogP contribution in [0, 0.1) is 11.8 Å². The Bertz CT molecular complexity index is 311. The fourth-order valence-corrected chi connectivity index (χ4v) is 3.33. The third-order valence-corrected chi connectivity index (χ3v) is 6.19. The van der Waals surface area contributed by atoms with E-state index in [2.05, 4.69) is 12.2 Å². The van der Waals surface area contributed by atoms with E-state index >= 15 is 0 Å². The van der Waals surface area contributed by atoms with Gasteiger partial charge in [0.25, 0.3) is 0 Å². The maximum absolute atomic E-state index is 11.6. The van der Waals surface area contributed by atoms with Crippen LogP contribution >= 0.6 is 0 Å². The second-order valence-corrected chi connectivity index (χ2v) is 8.32. The van der Waals surface area contributed by atoms with Gasteiger partial charge in [-0.05, 0) is 38.6 Å². The Labute approximate surface area is 106 Å². The quantitative estimate of drug-likeness (QED) is 0.746. The second kappa shape index (κ2) is 6.74. The van der Waals surface area contributed by atoms with Gasteiger partial charge in [0.05, 0.1) is 11.0 Å². The van der Waals surface area contributed by atoms with E-state index in [1.807, 2.05) is 0 Å². The van der Waals surface area contributed by atoms with Gasteiger partial charge in [-0.1, -0.05) is 26.2 Å². The predicted octanol–water partition coefficient (Wildman–Crippen LogP) is 2.23. The molecule has 3 nitrogen and oxygen atoms in total. The van der Waals surface area contributed by atoms with E-state index in [0.29, 0.717) is 6.54 Å². The van der Waals surface area contributed by atoms with Gasteiger partial charge in [-0.15, -0.1) is 0 Å². The van der Waals surface area contributed by atoms with Crippen molar-refractivity contribution in [1.82, 2.24) is 5.32 Å². The summed E-state index contributed by atoms with van der Waals surface area (Å²) < 4.78 is 23.2. The minimum absolute atomic E-state index is 0.252. The van der Waals surface area contributed by atoms with Gasteiger partial charge in [0.1, 0.15) is 0 Å². The Hall–Kier alpha value is -0.0900. The normalized spacial score (nSPS) is 26.4. The molecule has 0 heterocycles. The summed E-state index contributed by atoms with van der Waals surface area (Å²) >= 11 is 0. The van der Waals surface area contributed by atoms with Crippen molar-refractivity contribution in [2.75, 3.05) is 18.8 Å². The predicted molar refractivity (Wildman–Crippen MR) is 72.9 cm³/mol. The van der Waals surface area contributed by atoms with E-state index in [1.54, 1.807) is 13.8 Å². The first-order valence-electron chi connectivity index (χ1n) is 6.85. The molecule has 0 aliphatic heterocycles. The molecule has 0 saturated heterocycles. The van der Waals surface area contributed by atoms with Gasteiger partial charge in [-0.3, -0.25) is 0 Å². The zero-order valence-electron chi connectivity index (χ0n) is 11.4. The molecule has 1 aliphatic carbocycles. The zero-order valence-corrected chi connectivity index (χ0v) is 12.2. The molecule has 0 aromatic heterocycles. The van der Waals surface area contributed by atoms with Crippen molar-refractivity contribution in [2.45, 2.75) is 51.7 Å². The Morgan fingerprint density at radius 1 is 1.24 bits per heavy atom. The summed E-state index contributed by atoms with van der Waals surface area (Å²) in [5.41, 5.74) is 0. The molecule has 1 saturated carbocycles. The maximum atomic E-state index is 11.6. The molecule has 1 fully saturated rings. The van der Waals surface area contributed by atoms with Crippen LogP contribution in [0.5, 0.6) is 0 Å². The fraction of sp³-hybridized carbons (Fsp3) is 1.00. The molecule has 1 aliphatic rings. The first kappa shape index (κ1) is 15.0. The monoisotopic (exact) mass is 261 g/mol. The van der Waals surface area contributed by atoms with Gasteiger partial charge in [0.2, 0.25) is 0 Å². The molecule has 2 atom stereocenters. The number of rotatable bonds is 6. The molecule has 4 heteroatoms. The van der Waals surface area contributed by atoms with Crippen molar-refractivity contribution >= 4 is 9.84 Å². The van der Waals surface area contributed by atoms with Gasteiger partial charge < -0.3 is 5.32 Å².